The molecule has 1 unspecified atom stereocenters. The fourth-order valence-electron chi connectivity index (χ4n) is 3.01. The highest BCUT2D eigenvalue weighted by molar-refractivity contribution is 9.10. The molecule has 0 spiro atoms. The van der Waals surface area contributed by atoms with Crippen molar-refractivity contribution in [2.24, 2.45) is 5.92 Å². The van der Waals surface area contributed by atoms with Gasteiger partial charge in [-0.3, -0.25) is 0 Å². The van der Waals surface area contributed by atoms with Crippen molar-refractivity contribution < 1.29 is 0 Å². The molecule has 1 aromatic rings. The van der Waals surface area contributed by atoms with Crippen LogP contribution in [0.25, 0.3) is 0 Å². The molecule has 1 aromatic carbocycles. The summed E-state index contributed by atoms with van der Waals surface area (Å²) < 4.78 is 1.24. The van der Waals surface area contributed by atoms with E-state index in [1.165, 1.54) is 47.7 Å². The first-order valence-corrected chi connectivity index (χ1v) is 7.45. The normalized spacial score (nSPS) is 19.2. The summed E-state index contributed by atoms with van der Waals surface area (Å²) in [6, 6.07) is 7.17. The topological polar surface area (TPSA) is 12.0 Å². The molecule has 2 rings (SSSR count). The second-order valence-electron chi connectivity index (χ2n) is 5.19. The second kappa shape index (κ2) is 6.01. The monoisotopic (exact) mass is 295 g/mol. The minimum atomic E-state index is 0.504. The lowest BCUT2D eigenvalue weighted by molar-refractivity contribution is 0.281. The van der Waals surface area contributed by atoms with Gasteiger partial charge in [0.05, 0.1) is 0 Å². The molecule has 17 heavy (non-hydrogen) atoms. The van der Waals surface area contributed by atoms with E-state index in [-0.39, 0.29) is 0 Å². The molecule has 0 amide bonds. The minimum Gasteiger partial charge on any atom is -0.313 e. The van der Waals surface area contributed by atoms with Gasteiger partial charge in [0.1, 0.15) is 0 Å². The van der Waals surface area contributed by atoms with Crippen LogP contribution in [0.2, 0.25) is 0 Å². The lowest BCUT2D eigenvalue weighted by Gasteiger charge is -2.31. The van der Waals surface area contributed by atoms with Crippen LogP contribution in [0.4, 0.5) is 0 Å². The highest BCUT2D eigenvalue weighted by atomic mass is 79.9. The van der Waals surface area contributed by atoms with Gasteiger partial charge < -0.3 is 5.32 Å². The van der Waals surface area contributed by atoms with Crippen LogP contribution in [0.5, 0.6) is 0 Å². The van der Waals surface area contributed by atoms with E-state index in [0.717, 1.165) is 5.92 Å². The molecule has 0 heterocycles. The second-order valence-corrected chi connectivity index (χ2v) is 6.04. The number of rotatable bonds is 3. The molecule has 1 fully saturated rings. The van der Waals surface area contributed by atoms with Crippen molar-refractivity contribution >= 4 is 15.9 Å². The highest BCUT2D eigenvalue weighted by Gasteiger charge is 2.25. The molecule has 0 aliphatic heterocycles. The van der Waals surface area contributed by atoms with E-state index >= 15 is 0 Å². The maximum Gasteiger partial charge on any atom is 0.0357 e. The predicted molar refractivity (Wildman–Crippen MR) is 77.3 cm³/mol. The lowest BCUT2D eigenvalue weighted by atomic mass is 9.81. The average Bonchev–Trinajstić information content (AvgIpc) is 2.36. The van der Waals surface area contributed by atoms with E-state index < -0.39 is 0 Å². The zero-order valence-electron chi connectivity index (χ0n) is 10.8. The van der Waals surface area contributed by atoms with Crippen molar-refractivity contribution in [3.05, 3.63) is 33.8 Å². The average molecular weight is 296 g/mol. The predicted octanol–water partition coefficient (Wildman–Crippen LogP) is 4.60. The summed E-state index contributed by atoms with van der Waals surface area (Å²) in [6.45, 7) is 2.17. The smallest absolute Gasteiger partial charge is 0.0357 e. The van der Waals surface area contributed by atoms with Crippen LogP contribution < -0.4 is 5.32 Å². The molecule has 1 nitrogen and oxygen atoms in total. The molecule has 0 bridgehead atoms. The molecular formula is C15H22BrN. The zero-order valence-corrected chi connectivity index (χ0v) is 12.4. The Hall–Kier alpha value is -0.340. The van der Waals surface area contributed by atoms with E-state index in [1.807, 2.05) is 0 Å². The Morgan fingerprint density at radius 3 is 2.59 bits per heavy atom. The Morgan fingerprint density at radius 1 is 1.24 bits per heavy atom. The Bertz CT molecular complexity index is 369. The van der Waals surface area contributed by atoms with Crippen molar-refractivity contribution in [3.63, 3.8) is 0 Å². The van der Waals surface area contributed by atoms with E-state index in [1.54, 1.807) is 0 Å². The number of benzene rings is 1. The Kier molecular flexibility index (Phi) is 4.63. The fraction of sp³-hybridized carbons (Fsp3) is 0.600. The van der Waals surface area contributed by atoms with Crippen molar-refractivity contribution in [2.75, 3.05) is 7.05 Å². The van der Waals surface area contributed by atoms with Crippen LogP contribution >= 0.6 is 15.9 Å². The third-order valence-electron chi connectivity index (χ3n) is 3.92. The molecule has 1 aliphatic rings. The van der Waals surface area contributed by atoms with E-state index in [2.05, 4.69) is 53.4 Å². The Labute approximate surface area is 113 Å². The van der Waals surface area contributed by atoms with Gasteiger partial charge in [0, 0.05) is 10.5 Å². The van der Waals surface area contributed by atoms with Crippen LogP contribution in [0.3, 0.4) is 0 Å². The maximum absolute atomic E-state index is 3.70. The van der Waals surface area contributed by atoms with E-state index in [0.29, 0.717) is 6.04 Å². The lowest BCUT2D eigenvalue weighted by Crippen LogP contribution is -2.27. The standard InChI is InChI=1S/C15H22BrN/c1-11-8-9-14(16)13(10-11)15(17-2)12-6-4-3-5-7-12/h8-10,12,15,17H,3-7H2,1-2H3. The van der Waals surface area contributed by atoms with E-state index in [4.69, 9.17) is 0 Å². The number of hydrogen-bond acceptors (Lipinski definition) is 1. The highest BCUT2D eigenvalue weighted by Crippen LogP contribution is 2.37. The summed E-state index contributed by atoms with van der Waals surface area (Å²) in [6.07, 6.45) is 6.94. The molecule has 1 N–H and O–H groups in total. The van der Waals surface area contributed by atoms with Gasteiger partial charge in [-0.1, -0.05) is 52.9 Å². The summed E-state index contributed by atoms with van der Waals surface area (Å²) in [4.78, 5) is 0. The van der Waals surface area contributed by atoms with Gasteiger partial charge in [-0.25, -0.2) is 0 Å². The number of halogens is 1. The molecule has 94 valence electrons. The largest absolute Gasteiger partial charge is 0.313 e. The van der Waals surface area contributed by atoms with Crippen LogP contribution in [0, 0.1) is 12.8 Å². The van der Waals surface area contributed by atoms with Gasteiger partial charge in [-0.05, 0) is 44.4 Å². The van der Waals surface area contributed by atoms with Crippen LogP contribution in [0.15, 0.2) is 22.7 Å². The molecule has 0 aromatic heterocycles. The fourth-order valence-corrected chi connectivity index (χ4v) is 3.51. The van der Waals surface area contributed by atoms with Crippen LogP contribution in [0.1, 0.15) is 49.3 Å². The van der Waals surface area contributed by atoms with Crippen molar-refractivity contribution in [1.29, 1.82) is 0 Å². The van der Waals surface area contributed by atoms with Crippen molar-refractivity contribution in [2.45, 2.75) is 45.1 Å². The van der Waals surface area contributed by atoms with E-state index in [9.17, 15) is 0 Å². The molecule has 1 saturated carbocycles. The summed E-state index contributed by atoms with van der Waals surface area (Å²) in [5, 5.41) is 3.53. The van der Waals surface area contributed by atoms with Gasteiger partial charge in [-0.15, -0.1) is 0 Å². The maximum atomic E-state index is 3.70. The quantitative estimate of drug-likeness (QED) is 0.859. The van der Waals surface area contributed by atoms with Gasteiger partial charge >= 0.3 is 0 Å². The molecular weight excluding hydrogens is 274 g/mol. The number of hydrogen-bond donors (Lipinski definition) is 1. The summed E-state index contributed by atoms with van der Waals surface area (Å²) in [7, 11) is 2.09. The van der Waals surface area contributed by atoms with Crippen molar-refractivity contribution in [3.8, 4) is 0 Å². The first-order valence-electron chi connectivity index (χ1n) is 6.65. The van der Waals surface area contributed by atoms with Crippen LogP contribution in [-0.4, -0.2) is 7.05 Å². The van der Waals surface area contributed by atoms with Gasteiger partial charge in [0.2, 0.25) is 0 Å². The summed E-state index contributed by atoms with van der Waals surface area (Å²) >= 11 is 3.70. The molecule has 1 aliphatic carbocycles. The van der Waals surface area contributed by atoms with Gasteiger partial charge in [0.25, 0.3) is 0 Å². The third kappa shape index (κ3) is 3.11. The molecule has 2 heteroatoms. The number of aryl methyl sites for hydroxylation is 1. The van der Waals surface area contributed by atoms with Gasteiger partial charge in [0.15, 0.2) is 0 Å². The summed E-state index contributed by atoms with van der Waals surface area (Å²) in [5.74, 6) is 0.798. The molecule has 0 saturated heterocycles. The Balaban J connectivity index is 2.24. The van der Waals surface area contributed by atoms with Crippen molar-refractivity contribution in [1.82, 2.24) is 5.32 Å². The zero-order chi connectivity index (χ0) is 12.3. The number of nitrogens with one attached hydrogen (secondary N) is 1. The molecule has 1 atom stereocenters. The first-order chi connectivity index (χ1) is 8.22. The van der Waals surface area contributed by atoms with Crippen LogP contribution in [-0.2, 0) is 0 Å². The third-order valence-corrected chi connectivity index (χ3v) is 4.64. The molecule has 0 radical (unpaired) electrons. The minimum absolute atomic E-state index is 0.504. The van der Waals surface area contributed by atoms with Gasteiger partial charge in [-0.2, -0.15) is 0 Å². The first kappa shape index (κ1) is 13.1. The Morgan fingerprint density at radius 2 is 1.94 bits per heavy atom. The summed E-state index contributed by atoms with van der Waals surface area (Å²) in [5.41, 5.74) is 2.78. The SMILES string of the molecule is CNC(c1cc(C)ccc1Br)C1CCCCC1.